The molecule has 65 heavy (non-hydrogen) atoms. The first-order valence-electron chi connectivity index (χ1n) is 23.0. The molecule has 1 aromatic heterocycles. The first-order valence-corrected chi connectivity index (χ1v) is 23.0. The van der Waals surface area contributed by atoms with Gasteiger partial charge in [0.2, 0.25) is 0 Å². The lowest BCUT2D eigenvalue weighted by Gasteiger charge is -2.42. The summed E-state index contributed by atoms with van der Waals surface area (Å²) in [5.41, 5.74) is 16.5. The molecule has 1 N–H and O–H groups in total. The molecule has 0 radical (unpaired) electrons. The fourth-order valence-electron chi connectivity index (χ4n) is 11.5. The summed E-state index contributed by atoms with van der Waals surface area (Å²) in [6, 6.07) is 74.6. The highest BCUT2D eigenvalue weighted by molar-refractivity contribution is 6.30. The molecule has 3 atom stereocenters. The fourth-order valence-corrected chi connectivity index (χ4v) is 11.5. The number of rotatable bonds is 5. The van der Waals surface area contributed by atoms with E-state index in [-0.39, 0.29) is 12.2 Å². The molecule has 0 bridgehead atoms. The predicted octanol–water partition coefficient (Wildman–Crippen LogP) is 15.9. The second-order valence-corrected chi connectivity index (χ2v) is 18.1. The maximum atomic E-state index is 4.15. The van der Waals surface area contributed by atoms with Crippen molar-refractivity contribution >= 4 is 65.9 Å². The number of nitrogens with zero attached hydrogens (tertiary/aromatic N) is 2. The van der Waals surface area contributed by atoms with Gasteiger partial charge in [-0.1, -0.05) is 183 Å². The minimum atomic E-state index is -0.0626. The monoisotopic (exact) mass is 833 g/mol. The van der Waals surface area contributed by atoms with Crippen LogP contribution in [0.4, 0.5) is 5.69 Å². The quantitative estimate of drug-likeness (QED) is 0.186. The van der Waals surface area contributed by atoms with E-state index in [1.165, 1.54) is 110 Å². The van der Waals surface area contributed by atoms with Gasteiger partial charge < -0.3 is 9.47 Å². The van der Waals surface area contributed by atoms with Gasteiger partial charge in [0.25, 0.3) is 0 Å². The summed E-state index contributed by atoms with van der Waals surface area (Å²) < 4.78 is 2.54. The van der Waals surface area contributed by atoms with Gasteiger partial charge in [-0.15, -0.1) is 0 Å². The van der Waals surface area contributed by atoms with Crippen LogP contribution < -0.4 is 10.2 Å². The molecule has 0 saturated heterocycles. The molecule has 1 aliphatic carbocycles. The Morgan fingerprint density at radius 2 is 1.23 bits per heavy atom. The van der Waals surface area contributed by atoms with Crippen LogP contribution in [0.15, 0.2) is 206 Å². The van der Waals surface area contributed by atoms with Gasteiger partial charge >= 0.3 is 0 Å². The molecular weight excluding hydrogens is 787 g/mol. The van der Waals surface area contributed by atoms with Crippen LogP contribution in [0.25, 0.3) is 88.1 Å². The van der Waals surface area contributed by atoms with Crippen molar-refractivity contribution in [3.8, 4) is 27.9 Å². The zero-order valence-electron chi connectivity index (χ0n) is 36.5. The Bertz CT molecular complexity index is 3730. The van der Waals surface area contributed by atoms with E-state index in [2.05, 4.69) is 241 Å². The lowest BCUT2D eigenvalue weighted by Crippen LogP contribution is -2.43. The third kappa shape index (κ3) is 5.93. The first kappa shape index (κ1) is 37.8. The first-order chi connectivity index (χ1) is 32.1. The largest absolute Gasteiger partial charge is 0.355 e. The Hall–Kier alpha value is -7.72. The van der Waals surface area contributed by atoms with Crippen LogP contribution in [-0.2, 0) is 0 Å². The molecular formula is C62H47N3. The molecule has 0 amide bonds. The number of allylic oxidation sites excluding steroid dienone is 1. The Labute approximate surface area is 379 Å². The van der Waals surface area contributed by atoms with E-state index in [1.54, 1.807) is 0 Å². The Balaban J connectivity index is 1.00. The van der Waals surface area contributed by atoms with E-state index in [4.69, 9.17) is 0 Å². The van der Waals surface area contributed by atoms with Gasteiger partial charge in [-0.3, -0.25) is 5.32 Å². The lowest BCUT2D eigenvalue weighted by atomic mass is 9.81. The molecule has 310 valence electrons. The number of anilines is 1. The molecule has 3 unspecified atom stereocenters. The zero-order valence-corrected chi connectivity index (χ0v) is 36.5. The van der Waals surface area contributed by atoms with Crippen LogP contribution in [0.3, 0.4) is 0 Å². The maximum absolute atomic E-state index is 4.15. The minimum Gasteiger partial charge on any atom is -0.355 e. The summed E-state index contributed by atoms with van der Waals surface area (Å²) in [4.78, 5) is 2.42. The Morgan fingerprint density at radius 3 is 2.14 bits per heavy atom. The van der Waals surface area contributed by atoms with E-state index < -0.39 is 0 Å². The van der Waals surface area contributed by atoms with Crippen LogP contribution in [0, 0.1) is 0 Å². The van der Waals surface area contributed by atoms with Crippen LogP contribution in [0.1, 0.15) is 59.3 Å². The van der Waals surface area contributed by atoms with E-state index in [1.807, 2.05) is 0 Å². The van der Waals surface area contributed by atoms with E-state index in [0.29, 0.717) is 5.92 Å². The SMILES string of the molecule is CC1CC=Cc2cccc(-c3cc4c(c5ccccc35)c3c5ccccc5ccc3n4-c3ccc4c(C5NC(c6cccc(-c7ccccc7)c6)c6ccccc6N5C)cccc4c3)c21. The summed E-state index contributed by atoms with van der Waals surface area (Å²) in [5, 5.41) is 14.3. The van der Waals surface area contributed by atoms with Gasteiger partial charge in [0.1, 0.15) is 6.17 Å². The van der Waals surface area contributed by atoms with Gasteiger partial charge in [0.05, 0.1) is 17.1 Å². The smallest absolute Gasteiger partial charge is 0.107 e. The van der Waals surface area contributed by atoms with Crippen LogP contribution >= 0.6 is 0 Å². The average Bonchev–Trinajstić information content (AvgIpc) is 3.71. The van der Waals surface area contributed by atoms with Crippen molar-refractivity contribution in [2.24, 2.45) is 0 Å². The number of benzene rings is 10. The Morgan fingerprint density at radius 1 is 0.508 bits per heavy atom. The summed E-state index contributed by atoms with van der Waals surface area (Å²) in [6.07, 6.45) is 5.63. The molecule has 11 aromatic rings. The molecule has 3 heteroatoms. The molecule has 2 heterocycles. The van der Waals surface area contributed by atoms with E-state index in [9.17, 15) is 0 Å². The molecule has 0 spiro atoms. The minimum absolute atomic E-state index is 0.0104. The van der Waals surface area contributed by atoms with Gasteiger partial charge in [0.15, 0.2) is 0 Å². The molecule has 13 rings (SSSR count). The number of hydrogen-bond acceptors (Lipinski definition) is 2. The molecule has 2 aliphatic rings. The second-order valence-electron chi connectivity index (χ2n) is 18.1. The summed E-state index contributed by atoms with van der Waals surface area (Å²) in [6.45, 7) is 2.38. The number of aromatic nitrogens is 1. The summed E-state index contributed by atoms with van der Waals surface area (Å²) >= 11 is 0. The van der Waals surface area contributed by atoms with Gasteiger partial charge in [-0.25, -0.2) is 0 Å². The van der Waals surface area contributed by atoms with Gasteiger partial charge in [-0.2, -0.15) is 0 Å². The molecule has 0 saturated carbocycles. The standard InChI is InChI=1S/C62H47N3/c1-39-16-12-20-42-21-14-29-51(58(39)42)54-38-57-60(50-27-9-8-26-49(50)54)59-48-25-7-6-19-41(48)32-35-56(59)65(57)46-33-34-47-44(37-46)23-15-30-52(47)62-63-61(53-28-10-11-31-55(53)64(62)2)45-24-13-22-43(36-45)40-17-4-3-5-18-40/h3-15,17-39,61-63H,16H2,1-2H3. The highest BCUT2D eigenvalue weighted by Gasteiger charge is 2.33. The average molecular weight is 834 g/mol. The van der Waals surface area contributed by atoms with Gasteiger partial charge in [-0.05, 0) is 131 Å². The van der Waals surface area contributed by atoms with Crippen molar-refractivity contribution in [1.82, 2.24) is 9.88 Å². The van der Waals surface area contributed by atoms with Crippen LogP contribution in [0.5, 0.6) is 0 Å². The lowest BCUT2D eigenvalue weighted by molar-refractivity contribution is 0.456. The van der Waals surface area contributed by atoms with Crippen molar-refractivity contribution < 1.29 is 0 Å². The number of fused-ring (bicyclic) bond motifs is 10. The van der Waals surface area contributed by atoms with Crippen molar-refractivity contribution in [3.05, 3.63) is 234 Å². The fraction of sp³-hybridized carbons (Fsp3) is 0.0968. The van der Waals surface area contributed by atoms with Crippen molar-refractivity contribution in [2.45, 2.75) is 31.5 Å². The molecule has 0 fully saturated rings. The topological polar surface area (TPSA) is 20.2 Å². The second kappa shape index (κ2) is 14.9. The van der Waals surface area contributed by atoms with Crippen molar-refractivity contribution in [3.63, 3.8) is 0 Å². The molecule has 3 nitrogen and oxygen atoms in total. The normalized spacial score (nSPS) is 17.0. The summed E-state index contributed by atoms with van der Waals surface area (Å²) in [5.74, 6) is 0.436. The van der Waals surface area contributed by atoms with Crippen molar-refractivity contribution in [2.75, 3.05) is 11.9 Å². The van der Waals surface area contributed by atoms with E-state index >= 15 is 0 Å². The summed E-state index contributed by atoms with van der Waals surface area (Å²) in [7, 11) is 2.23. The van der Waals surface area contributed by atoms with E-state index in [0.717, 1.165) is 12.1 Å². The predicted molar refractivity (Wildman–Crippen MR) is 275 cm³/mol. The zero-order chi connectivity index (χ0) is 43.2. The highest BCUT2D eigenvalue weighted by atomic mass is 15.3. The maximum Gasteiger partial charge on any atom is 0.107 e. The van der Waals surface area contributed by atoms with Gasteiger partial charge in [0, 0.05) is 29.2 Å². The molecule has 10 aromatic carbocycles. The van der Waals surface area contributed by atoms with Crippen molar-refractivity contribution in [1.29, 1.82) is 0 Å². The van der Waals surface area contributed by atoms with Crippen LogP contribution in [-0.4, -0.2) is 11.6 Å². The number of nitrogens with one attached hydrogen (secondary N) is 1. The third-order valence-corrected chi connectivity index (χ3v) is 14.5. The number of hydrogen-bond donors (Lipinski definition) is 1. The number of para-hydroxylation sites is 1. The Kier molecular flexibility index (Phi) is 8.69. The highest BCUT2D eigenvalue weighted by Crippen LogP contribution is 2.47. The third-order valence-electron chi connectivity index (χ3n) is 14.5. The molecule has 1 aliphatic heterocycles. The van der Waals surface area contributed by atoms with Crippen LogP contribution in [0.2, 0.25) is 0 Å².